The van der Waals surface area contributed by atoms with Crippen molar-refractivity contribution in [3.05, 3.63) is 36.0 Å². The van der Waals surface area contributed by atoms with Gasteiger partial charge in [-0.05, 0) is 94.2 Å². The van der Waals surface area contributed by atoms with E-state index in [1.54, 1.807) is 23.1 Å². The molecule has 0 radical (unpaired) electrons. The monoisotopic (exact) mass is 578 g/mol. The van der Waals surface area contributed by atoms with Crippen molar-refractivity contribution < 1.29 is 30.9 Å². The number of rotatable bonds is 9. The zero-order chi connectivity index (χ0) is 28.2. The number of sulfonamides is 1. The molecule has 7 saturated carbocycles. The fourth-order valence-electron chi connectivity index (χ4n) is 7.55. The Morgan fingerprint density at radius 2 is 1.77 bits per heavy atom. The molecule has 7 aliphatic rings. The zero-order valence-electron chi connectivity index (χ0n) is 22.4. The smallest absolute Gasteiger partial charge is 0.322 e. The van der Waals surface area contributed by atoms with Crippen LogP contribution >= 0.6 is 0 Å². The Hall–Kier alpha value is -2.47. The molecule has 12 heteroatoms. The van der Waals surface area contributed by atoms with Gasteiger partial charge >= 0.3 is 5.92 Å². The number of hydrogen-bond donors (Lipinski definition) is 1. The molecular weight excluding hydrogens is 545 g/mol. The van der Waals surface area contributed by atoms with Gasteiger partial charge in [-0.2, -0.15) is 13.8 Å². The molecule has 7 fully saturated rings. The predicted molar refractivity (Wildman–Crippen MR) is 138 cm³/mol. The van der Waals surface area contributed by atoms with E-state index in [2.05, 4.69) is 14.9 Å². The second-order valence-electron chi connectivity index (χ2n) is 13.3. The molecule has 1 aromatic heterocycles. The van der Waals surface area contributed by atoms with Crippen molar-refractivity contribution in [3.63, 3.8) is 0 Å². The average molecular weight is 579 g/mol. The number of carbonyl (C=O) groups is 1. The summed E-state index contributed by atoms with van der Waals surface area (Å²) in [6.45, 7) is 1.13. The van der Waals surface area contributed by atoms with E-state index in [4.69, 9.17) is 4.52 Å². The maximum atomic E-state index is 14.5. The average Bonchev–Trinajstić information content (AvgIpc) is 3.52. The summed E-state index contributed by atoms with van der Waals surface area (Å²) in [7, 11) is -3.72. The summed E-state index contributed by atoms with van der Waals surface area (Å²) >= 11 is 0. The Morgan fingerprint density at radius 3 is 2.33 bits per heavy atom. The highest BCUT2D eigenvalue weighted by Gasteiger charge is 2.73. The van der Waals surface area contributed by atoms with Crippen LogP contribution in [0.1, 0.15) is 89.3 Å². The second-order valence-corrected chi connectivity index (χ2v) is 15.1. The molecule has 9 rings (SSSR count). The number of amides is 1. The molecule has 1 amide bonds. The first kappa shape index (κ1) is 26.4. The largest absolute Gasteiger partial charge is 0.333 e. The van der Waals surface area contributed by atoms with Gasteiger partial charge in [0, 0.05) is 30.6 Å². The summed E-state index contributed by atoms with van der Waals surface area (Å²) in [5, 5.41) is 3.92. The summed E-state index contributed by atoms with van der Waals surface area (Å²) < 4.78 is 75.4. The molecule has 7 aliphatic carbocycles. The molecule has 0 unspecified atom stereocenters. The van der Waals surface area contributed by atoms with Crippen molar-refractivity contribution in [1.82, 2.24) is 14.9 Å². The third-order valence-corrected chi connectivity index (χ3v) is 11.7. The summed E-state index contributed by atoms with van der Waals surface area (Å²) in [4.78, 5) is 19.9. The summed E-state index contributed by atoms with van der Waals surface area (Å²) in [5.74, 6) is -3.69. The van der Waals surface area contributed by atoms with Crippen molar-refractivity contribution in [2.45, 2.75) is 105 Å². The van der Waals surface area contributed by atoms with Gasteiger partial charge in [0.25, 0.3) is 5.89 Å². The van der Waals surface area contributed by atoms with E-state index in [9.17, 15) is 26.4 Å². The van der Waals surface area contributed by atoms with Crippen molar-refractivity contribution in [3.8, 4) is 0 Å². The highest BCUT2D eigenvalue weighted by molar-refractivity contribution is 7.89. The van der Waals surface area contributed by atoms with Gasteiger partial charge in [-0.3, -0.25) is 4.79 Å². The van der Waals surface area contributed by atoms with Crippen LogP contribution in [-0.2, 0) is 26.2 Å². The van der Waals surface area contributed by atoms with Crippen LogP contribution in [0.4, 0.5) is 18.9 Å². The Kier molecular flexibility index (Phi) is 5.49. The van der Waals surface area contributed by atoms with Crippen molar-refractivity contribution in [1.29, 1.82) is 0 Å². The maximum absolute atomic E-state index is 14.5. The second kappa shape index (κ2) is 8.30. The Bertz CT molecular complexity index is 1440. The van der Waals surface area contributed by atoms with Crippen LogP contribution in [0.2, 0.25) is 0 Å². The standard InChI is InChI=1S/C28H33F3N4O4S/c1-24(29,30)22-32-21(33-39-22)26-10-7-25(8-11-26,9-12-26)17-35(23(36)27-14-28(31,15-27)16-27)19-3-2-4-20(13-19)40(37,38)34-18-5-6-18/h2-4,13,18,34H,5-12,14-17H2,1H3. The first-order valence-electron chi connectivity index (χ1n) is 14.1. The number of benzene rings is 1. The van der Waals surface area contributed by atoms with E-state index in [1.165, 1.54) is 6.07 Å². The maximum Gasteiger partial charge on any atom is 0.322 e. The van der Waals surface area contributed by atoms with E-state index in [0.29, 0.717) is 37.3 Å². The number of aromatic nitrogens is 2. The fourth-order valence-corrected chi connectivity index (χ4v) is 8.90. The number of nitrogens with one attached hydrogen (secondary N) is 1. The highest BCUT2D eigenvalue weighted by Crippen LogP contribution is 2.70. The van der Waals surface area contributed by atoms with Gasteiger partial charge in [0.1, 0.15) is 5.67 Å². The molecule has 0 atom stereocenters. The number of halogens is 3. The minimum atomic E-state index is -3.72. The normalized spacial score (nSPS) is 34.7. The zero-order valence-corrected chi connectivity index (χ0v) is 23.2. The lowest BCUT2D eigenvalue weighted by Gasteiger charge is -2.65. The molecule has 0 saturated heterocycles. The molecule has 2 aromatic rings. The third kappa shape index (κ3) is 4.19. The van der Waals surface area contributed by atoms with E-state index in [-0.39, 0.29) is 41.5 Å². The van der Waals surface area contributed by atoms with E-state index < -0.39 is 38.3 Å². The highest BCUT2D eigenvalue weighted by atomic mass is 32.2. The van der Waals surface area contributed by atoms with E-state index in [1.807, 2.05) is 0 Å². The molecule has 1 aromatic carbocycles. The van der Waals surface area contributed by atoms with Gasteiger partial charge < -0.3 is 9.42 Å². The van der Waals surface area contributed by atoms with Crippen molar-refractivity contribution in [2.75, 3.05) is 11.4 Å². The number of fused-ring (bicyclic) bond motifs is 3. The minimum Gasteiger partial charge on any atom is -0.333 e. The predicted octanol–water partition coefficient (Wildman–Crippen LogP) is 5.14. The topological polar surface area (TPSA) is 105 Å². The Labute approximate surface area is 231 Å². The summed E-state index contributed by atoms with van der Waals surface area (Å²) in [6.07, 6.45) is 6.55. The van der Waals surface area contributed by atoms with Gasteiger partial charge in [-0.15, -0.1) is 0 Å². The van der Waals surface area contributed by atoms with E-state index in [0.717, 1.165) is 39.0 Å². The van der Waals surface area contributed by atoms with Crippen LogP contribution < -0.4 is 9.62 Å². The fraction of sp³-hybridized carbons (Fsp3) is 0.679. The Morgan fingerprint density at radius 1 is 1.12 bits per heavy atom. The third-order valence-electron chi connectivity index (χ3n) is 10.2. The summed E-state index contributed by atoms with van der Waals surface area (Å²) in [5.41, 5.74) is -2.11. The van der Waals surface area contributed by atoms with Crippen LogP contribution in [0.3, 0.4) is 0 Å². The van der Waals surface area contributed by atoms with Crippen LogP contribution in [0.25, 0.3) is 0 Å². The van der Waals surface area contributed by atoms with Crippen LogP contribution in [-0.4, -0.2) is 42.7 Å². The minimum absolute atomic E-state index is 0.0459. The Balaban J connectivity index is 1.15. The SMILES string of the molecule is CC(F)(F)c1nc(C23CCC(CN(C(=O)C45CC(F)(C4)C5)c4cccc(S(=O)(=O)NC5CC5)c4)(CC2)CC3)no1. The molecule has 216 valence electrons. The molecule has 1 N–H and O–H groups in total. The van der Waals surface area contributed by atoms with Crippen molar-refractivity contribution in [2.24, 2.45) is 10.8 Å². The van der Waals surface area contributed by atoms with Gasteiger partial charge in [0.2, 0.25) is 15.9 Å². The number of carbonyl (C=O) groups excluding carboxylic acids is 1. The lowest BCUT2D eigenvalue weighted by molar-refractivity contribution is -0.211. The van der Waals surface area contributed by atoms with Gasteiger partial charge in [0.05, 0.1) is 10.3 Å². The molecule has 0 spiro atoms. The van der Waals surface area contributed by atoms with Crippen LogP contribution in [0.5, 0.6) is 0 Å². The van der Waals surface area contributed by atoms with Crippen molar-refractivity contribution >= 4 is 21.6 Å². The number of alkyl halides is 3. The lowest BCUT2D eigenvalue weighted by atomic mass is 9.41. The van der Waals surface area contributed by atoms with Crippen LogP contribution in [0.15, 0.2) is 33.7 Å². The molecule has 1 heterocycles. The lowest BCUT2D eigenvalue weighted by Crippen LogP contribution is -2.71. The first-order chi connectivity index (χ1) is 18.7. The molecule has 0 aliphatic heterocycles. The summed E-state index contributed by atoms with van der Waals surface area (Å²) in [6, 6.07) is 6.44. The number of hydrogen-bond acceptors (Lipinski definition) is 6. The molecule has 8 nitrogen and oxygen atoms in total. The molecule has 40 heavy (non-hydrogen) atoms. The van der Waals surface area contributed by atoms with Crippen LogP contribution in [0, 0.1) is 10.8 Å². The number of nitrogens with zero attached hydrogens (tertiary/aromatic N) is 3. The van der Waals surface area contributed by atoms with Gasteiger partial charge in [-0.25, -0.2) is 17.5 Å². The number of anilines is 1. The quantitative estimate of drug-likeness (QED) is 0.442. The molecule has 4 bridgehead atoms. The molecular formula is C28H33F3N4O4S. The first-order valence-corrected chi connectivity index (χ1v) is 15.6. The van der Waals surface area contributed by atoms with E-state index >= 15 is 0 Å². The van der Waals surface area contributed by atoms with Gasteiger partial charge in [-0.1, -0.05) is 11.2 Å². The van der Waals surface area contributed by atoms with Gasteiger partial charge in [0.15, 0.2) is 5.82 Å².